The summed E-state index contributed by atoms with van der Waals surface area (Å²) in [4.78, 5) is 0. The Morgan fingerprint density at radius 1 is 0.608 bits per heavy atom. The van der Waals surface area contributed by atoms with E-state index in [4.69, 9.17) is 0 Å². The molecule has 0 fully saturated rings. The second kappa shape index (κ2) is 12.0. The molecule has 0 aromatic heterocycles. The quantitative estimate of drug-likeness (QED) is 0.166. The van der Waals surface area contributed by atoms with Crippen LogP contribution in [0.25, 0.3) is 72.1 Å². The van der Waals surface area contributed by atoms with Crippen molar-refractivity contribution >= 4 is 38.8 Å². The minimum Gasteiger partial charge on any atom is -0.0836 e. The fourth-order valence-corrected chi connectivity index (χ4v) is 9.34. The summed E-state index contributed by atoms with van der Waals surface area (Å²) in [5.41, 5.74) is 22.1. The van der Waals surface area contributed by atoms with Crippen molar-refractivity contribution in [2.45, 2.75) is 46.0 Å². The first-order valence-corrected chi connectivity index (χ1v) is 18.6. The highest BCUT2D eigenvalue weighted by Crippen LogP contribution is 2.47. The maximum atomic E-state index is 2.52. The lowest BCUT2D eigenvalue weighted by atomic mass is 9.80. The topological polar surface area (TPSA) is 0 Å². The van der Waals surface area contributed by atoms with E-state index in [2.05, 4.69) is 159 Å². The zero-order valence-electron chi connectivity index (χ0n) is 29.4. The third-order valence-electron chi connectivity index (χ3n) is 11.6. The second-order valence-electron chi connectivity index (χ2n) is 14.6. The Morgan fingerprint density at radius 2 is 1.37 bits per heavy atom. The Kier molecular flexibility index (Phi) is 7.07. The normalized spacial score (nSPS) is 15.1. The standard InChI is InChI=1S/C51H40/c1-3-13-34(26-38-27-35-15-4-5-17-39(35)41-19-7-6-18-40(38)41)47-30-37(31-50-49(47)29-36-16-12-14-32(2)51(36)50)33-24-25-46-44-22-9-8-20-42(44)43-21-10-11-23-45(43)48(46)28-33/h4-10,12-22,24-26,28,30-31H,3,11,23,27,29H2,1-2H3/b34-13+,38-26+. The lowest BCUT2D eigenvalue weighted by Gasteiger charge is -2.23. The largest absolute Gasteiger partial charge is 0.0836 e. The summed E-state index contributed by atoms with van der Waals surface area (Å²) in [5.74, 6) is 0. The summed E-state index contributed by atoms with van der Waals surface area (Å²) in [5, 5.41) is 5.47. The van der Waals surface area contributed by atoms with Gasteiger partial charge in [0, 0.05) is 0 Å². The lowest BCUT2D eigenvalue weighted by molar-refractivity contribution is 1.00. The van der Waals surface area contributed by atoms with E-state index >= 15 is 0 Å². The van der Waals surface area contributed by atoms with Gasteiger partial charge in [-0.3, -0.25) is 0 Å². The van der Waals surface area contributed by atoms with Crippen molar-refractivity contribution in [3.05, 3.63) is 184 Å². The molecule has 0 heteroatoms. The van der Waals surface area contributed by atoms with Crippen LogP contribution in [-0.2, 0) is 19.3 Å². The molecule has 0 saturated carbocycles. The van der Waals surface area contributed by atoms with E-state index in [1.807, 2.05) is 0 Å². The summed E-state index contributed by atoms with van der Waals surface area (Å²) in [6.45, 7) is 4.55. The number of allylic oxidation sites excluding steroid dienone is 5. The Labute approximate surface area is 301 Å². The Hall–Kier alpha value is -5.72. The SMILES string of the molecule is CC/C=C(\C=C1/Cc2ccccc2-c2ccccc21)c1cc(-c2ccc3c(c2)c2c(c4ccccc43)C=CCC2)cc2c1Cc1cccc(C)c1-2. The van der Waals surface area contributed by atoms with Crippen LogP contribution in [0.5, 0.6) is 0 Å². The Bertz CT molecular complexity index is 2670. The van der Waals surface area contributed by atoms with Gasteiger partial charge in [-0.05, 0) is 168 Å². The van der Waals surface area contributed by atoms with Crippen LogP contribution in [0, 0.1) is 6.92 Å². The van der Waals surface area contributed by atoms with Crippen LogP contribution >= 0.6 is 0 Å². The summed E-state index contributed by atoms with van der Waals surface area (Å²) in [6, 6.07) is 46.0. The van der Waals surface area contributed by atoms with Crippen LogP contribution in [0.4, 0.5) is 0 Å². The maximum Gasteiger partial charge on any atom is -0.000718 e. The van der Waals surface area contributed by atoms with E-state index in [-0.39, 0.29) is 0 Å². The van der Waals surface area contributed by atoms with Gasteiger partial charge in [-0.25, -0.2) is 0 Å². The van der Waals surface area contributed by atoms with Gasteiger partial charge in [0.2, 0.25) is 0 Å². The molecule has 0 heterocycles. The summed E-state index contributed by atoms with van der Waals surface area (Å²) in [7, 11) is 0. The van der Waals surface area contributed by atoms with Crippen LogP contribution in [0.1, 0.15) is 64.3 Å². The van der Waals surface area contributed by atoms with Gasteiger partial charge in [-0.1, -0.05) is 134 Å². The average Bonchev–Trinajstić information content (AvgIpc) is 3.57. The predicted molar refractivity (Wildman–Crippen MR) is 219 cm³/mol. The molecule has 0 N–H and O–H groups in total. The third kappa shape index (κ3) is 4.81. The molecule has 3 aliphatic carbocycles. The van der Waals surface area contributed by atoms with Crippen molar-refractivity contribution in [3.8, 4) is 33.4 Å². The smallest absolute Gasteiger partial charge is 0.000718 e. The molecule has 0 unspecified atom stereocenters. The van der Waals surface area contributed by atoms with Crippen molar-refractivity contribution in [1.82, 2.24) is 0 Å². The summed E-state index contributed by atoms with van der Waals surface area (Å²) in [6.07, 6.45) is 14.7. The molecule has 0 nitrogen and oxygen atoms in total. The average molecular weight is 653 g/mol. The minimum atomic E-state index is 0.938. The van der Waals surface area contributed by atoms with Gasteiger partial charge in [-0.15, -0.1) is 0 Å². The van der Waals surface area contributed by atoms with Gasteiger partial charge < -0.3 is 0 Å². The molecule has 244 valence electrons. The number of rotatable bonds is 4. The van der Waals surface area contributed by atoms with Gasteiger partial charge >= 0.3 is 0 Å². The van der Waals surface area contributed by atoms with Crippen LogP contribution in [0.15, 0.2) is 140 Å². The van der Waals surface area contributed by atoms with Crippen molar-refractivity contribution in [2.75, 3.05) is 0 Å². The van der Waals surface area contributed by atoms with E-state index in [1.165, 1.54) is 111 Å². The number of fused-ring (bicyclic) bond motifs is 12. The fourth-order valence-electron chi connectivity index (χ4n) is 9.34. The molecule has 0 atom stereocenters. The molecular formula is C51H40. The van der Waals surface area contributed by atoms with Crippen LogP contribution in [0.2, 0.25) is 0 Å². The molecule has 7 aromatic carbocycles. The van der Waals surface area contributed by atoms with E-state index in [0.717, 1.165) is 32.1 Å². The Balaban J connectivity index is 1.20. The number of benzene rings is 7. The van der Waals surface area contributed by atoms with Crippen LogP contribution in [-0.4, -0.2) is 0 Å². The first-order chi connectivity index (χ1) is 25.2. The zero-order valence-corrected chi connectivity index (χ0v) is 29.4. The lowest BCUT2D eigenvalue weighted by Crippen LogP contribution is -2.04. The number of hydrogen-bond acceptors (Lipinski definition) is 0. The monoisotopic (exact) mass is 652 g/mol. The number of hydrogen-bond donors (Lipinski definition) is 0. The van der Waals surface area contributed by atoms with Crippen LogP contribution < -0.4 is 0 Å². The molecule has 0 aliphatic heterocycles. The second-order valence-corrected chi connectivity index (χ2v) is 14.6. The van der Waals surface area contributed by atoms with Gasteiger partial charge in [-0.2, -0.15) is 0 Å². The van der Waals surface area contributed by atoms with E-state index in [0.29, 0.717) is 0 Å². The molecule has 0 amide bonds. The molecule has 0 saturated heterocycles. The predicted octanol–water partition coefficient (Wildman–Crippen LogP) is 13.6. The highest BCUT2D eigenvalue weighted by molar-refractivity contribution is 6.14. The molecule has 0 radical (unpaired) electrons. The molecule has 0 spiro atoms. The zero-order chi connectivity index (χ0) is 34.1. The van der Waals surface area contributed by atoms with Crippen LogP contribution in [0.3, 0.4) is 0 Å². The van der Waals surface area contributed by atoms with Gasteiger partial charge in [0.15, 0.2) is 0 Å². The van der Waals surface area contributed by atoms with E-state index < -0.39 is 0 Å². The summed E-state index contributed by atoms with van der Waals surface area (Å²) < 4.78 is 0. The van der Waals surface area contributed by atoms with E-state index in [1.54, 1.807) is 0 Å². The van der Waals surface area contributed by atoms with Gasteiger partial charge in [0.25, 0.3) is 0 Å². The maximum absolute atomic E-state index is 2.52. The molecule has 7 aromatic rings. The first-order valence-electron chi connectivity index (χ1n) is 18.6. The van der Waals surface area contributed by atoms with Crippen molar-refractivity contribution in [1.29, 1.82) is 0 Å². The molecule has 3 aliphatic rings. The molecule has 10 rings (SSSR count). The van der Waals surface area contributed by atoms with Gasteiger partial charge in [0.1, 0.15) is 0 Å². The third-order valence-corrected chi connectivity index (χ3v) is 11.6. The fraction of sp³-hybridized carbons (Fsp3) is 0.137. The molecule has 51 heavy (non-hydrogen) atoms. The minimum absolute atomic E-state index is 0.938. The Morgan fingerprint density at radius 3 is 2.25 bits per heavy atom. The van der Waals surface area contributed by atoms with Crippen molar-refractivity contribution in [3.63, 3.8) is 0 Å². The summed E-state index contributed by atoms with van der Waals surface area (Å²) >= 11 is 0. The van der Waals surface area contributed by atoms with Crippen molar-refractivity contribution in [2.24, 2.45) is 0 Å². The molecule has 0 bridgehead atoms. The highest BCUT2D eigenvalue weighted by atomic mass is 14.3. The highest BCUT2D eigenvalue weighted by Gasteiger charge is 2.26. The van der Waals surface area contributed by atoms with E-state index in [9.17, 15) is 0 Å². The molecular weight excluding hydrogens is 613 g/mol. The first kappa shape index (κ1) is 30.1. The number of aryl methyl sites for hydroxylation is 2. The van der Waals surface area contributed by atoms with Crippen molar-refractivity contribution < 1.29 is 0 Å². The van der Waals surface area contributed by atoms with Gasteiger partial charge in [0.05, 0.1) is 0 Å².